The molecule has 1 aromatic carbocycles. The van der Waals surface area contributed by atoms with Crippen LogP contribution in [0.4, 0.5) is 10.8 Å². The Bertz CT molecular complexity index is 520. The molecule has 0 aliphatic heterocycles. The van der Waals surface area contributed by atoms with Crippen LogP contribution in [0.3, 0.4) is 0 Å². The molecule has 1 amide bonds. The van der Waals surface area contributed by atoms with Crippen LogP contribution in [-0.2, 0) is 4.79 Å². The predicted molar refractivity (Wildman–Crippen MR) is 66.2 cm³/mol. The molecule has 6 nitrogen and oxygen atoms in total. The molecule has 1 heterocycles. The van der Waals surface area contributed by atoms with E-state index in [9.17, 15) is 4.79 Å². The molecular formula is C10H9N5OS. The van der Waals surface area contributed by atoms with Gasteiger partial charge in [0.05, 0.1) is 0 Å². The van der Waals surface area contributed by atoms with Crippen LogP contribution in [0.2, 0.25) is 0 Å². The molecule has 0 spiro atoms. The number of hydrogen-bond acceptors (Lipinski definition) is 6. The fourth-order valence-corrected chi connectivity index (χ4v) is 1.48. The molecule has 0 fully saturated rings. The first kappa shape index (κ1) is 11.2. The molecule has 1 aromatic heterocycles. The minimum atomic E-state index is -0.277. The van der Waals surface area contributed by atoms with E-state index in [1.807, 2.05) is 12.1 Å². The van der Waals surface area contributed by atoms with Crippen molar-refractivity contribution in [3.8, 4) is 0 Å². The van der Waals surface area contributed by atoms with Crippen LogP contribution < -0.4 is 11.1 Å². The number of nitrogens with one attached hydrogen (secondary N) is 1. The number of nitrogen functional groups attached to an aromatic ring is 1. The summed E-state index contributed by atoms with van der Waals surface area (Å²) in [5, 5.41) is 9.87. The van der Waals surface area contributed by atoms with Gasteiger partial charge in [0.25, 0.3) is 0 Å². The summed E-state index contributed by atoms with van der Waals surface area (Å²) >= 11 is 1.02. The lowest BCUT2D eigenvalue weighted by molar-refractivity contribution is -0.111. The number of amides is 1. The zero-order valence-electron chi connectivity index (χ0n) is 8.70. The molecule has 0 saturated heterocycles. The molecule has 86 valence electrons. The van der Waals surface area contributed by atoms with E-state index in [1.165, 1.54) is 6.08 Å². The lowest BCUT2D eigenvalue weighted by atomic mass is 10.2. The third kappa shape index (κ3) is 3.35. The van der Waals surface area contributed by atoms with E-state index in [0.29, 0.717) is 10.8 Å². The Balaban J connectivity index is 1.96. The first-order chi connectivity index (χ1) is 8.24. The molecule has 0 unspecified atom stereocenters. The highest BCUT2D eigenvalue weighted by Crippen LogP contribution is 2.08. The minimum absolute atomic E-state index is 0.277. The molecular weight excluding hydrogens is 238 g/mol. The van der Waals surface area contributed by atoms with Gasteiger partial charge >= 0.3 is 0 Å². The van der Waals surface area contributed by atoms with Crippen molar-refractivity contribution >= 4 is 34.3 Å². The SMILES string of the molecule is Nc1ccc(/C=C/C(=O)Nc2nnns2)cc1. The summed E-state index contributed by atoms with van der Waals surface area (Å²) in [6.45, 7) is 0. The molecule has 0 aliphatic rings. The van der Waals surface area contributed by atoms with Crippen LogP contribution in [0, 0.1) is 0 Å². The van der Waals surface area contributed by atoms with E-state index in [-0.39, 0.29) is 5.91 Å². The number of hydrogen-bond donors (Lipinski definition) is 2. The molecule has 17 heavy (non-hydrogen) atoms. The van der Waals surface area contributed by atoms with Gasteiger partial charge in [0.2, 0.25) is 11.0 Å². The molecule has 2 rings (SSSR count). The van der Waals surface area contributed by atoms with E-state index >= 15 is 0 Å². The van der Waals surface area contributed by atoms with Crippen molar-refractivity contribution in [3.63, 3.8) is 0 Å². The maximum Gasteiger partial charge on any atom is 0.250 e. The quantitative estimate of drug-likeness (QED) is 0.627. The van der Waals surface area contributed by atoms with Crippen molar-refractivity contribution in [2.45, 2.75) is 0 Å². The predicted octanol–water partition coefficient (Wildman–Crippen LogP) is 1.17. The van der Waals surface area contributed by atoms with E-state index in [4.69, 9.17) is 5.73 Å². The molecule has 0 atom stereocenters. The number of aromatic nitrogens is 3. The van der Waals surface area contributed by atoms with Crippen molar-refractivity contribution in [2.75, 3.05) is 11.1 Å². The number of benzene rings is 1. The summed E-state index contributed by atoms with van der Waals surface area (Å²) in [6, 6.07) is 7.19. The van der Waals surface area contributed by atoms with Gasteiger partial charge in [-0.3, -0.25) is 10.1 Å². The van der Waals surface area contributed by atoms with Gasteiger partial charge in [0.1, 0.15) is 0 Å². The number of nitrogens with two attached hydrogens (primary N) is 1. The van der Waals surface area contributed by atoms with Crippen LogP contribution in [-0.4, -0.2) is 20.7 Å². The topological polar surface area (TPSA) is 93.8 Å². The summed E-state index contributed by atoms with van der Waals surface area (Å²) in [5.74, 6) is -0.277. The lowest BCUT2D eigenvalue weighted by Gasteiger charge is -1.95. The number of anilines is 2. The summed E-state index contributed by atoms with van der Waals surface area (Å²) in [6.07, 6.45) is 3.09. The summed E-state index contributed by atoms with van der Waals surface area (Å²) in [4.78, 5) is 11.4. The average Bonchev–Trinajstić information content (AvgIpc) is 2.81. The van der Waals surface area contributed by atoms with Crippen molar-refractivity contribution in [2.24, 2.45) is 0 Å². The van der Waals surface area contributed by atoms with Crippen molar-refractivity contribution < 1.29 is 4.79 Å². The Kier molecular flexibility index (Phi) is 3.41. The fraction of sp³-hybridized carbons (Fsp3) is 0. The zero-order chi connectivity index (χ0) is 12.1. The van der Waals surface area contributed by atoms with Crippen LogP contribution in [0.15, 0.2) is 30.3 Å². The smallest absolute Gasteiger partial charge is 0.250 e. The minimum Gasteiger partial charge on any atom is -0.399 e. The first-order valence-electron chi connectivity index (χ1n) is 4.74. The summed E-state index contributed by atoms with van der Waals surface area (Å²) < 4.78 is 3.53. The molecule has 0 bridgehead atoms. The molecule has 7 heteroatoms. The maximum absolute atomic E-state index is 11.4. The number of nitrogens with zero attached hydrogens (tertiary/aromatic N) is 3. The number of carbonyl (C=O) groups is 1. The summed E-state index contributed by atoms with van der Waals surface area (Å²) in [7, 11) is 0. The van der Waals surface area contributed by atoms with Gasteiger partial charge in [0.15, 0.2) is 0 Å². The van der Waals surface area contributed by atoms with Gasteiger partial charge in [-0.05, 0) is 29.0 Å². The zero-order valence-corrected chi connectivity index (χ0v) is 9.52. The summed E-state index contributed by atoms with van der Waals surface area (Å²) in [5.41, 5.74) is 7.13. The van der Waals surface area contributed by atoms with Crippen molar-refractivity contribution in [1.82, 2.24) is 14.8 Å². The molecule has 0 saturated carbocycles. The lowest BCUT2D eigenvalue weighted by Crippen LogP contribution is -2.07. The number of carbonyl (C=O) groups excluding carboxylic acids is 1. The third-order valence-corrected chi connectivity index (χ3v) is 2.40. The Morgan fingerprint density at radius 2 is 2.12 bits per heavy atom. The van der Waals surface area contributed by atoms with Gasteiger partial charge < -0.3 is 5.73 Å². The van der Waals surface area contributed by atoms with Gasteiger partial charge in [-0.25, -0.2) is 0 Å². The van der Waals surface area contributed by atoms with Gasteiger partial charge in [-0.15, -0.1) is 0 Å². The normalized spacial score (nSPS) is 10.6. The Morgan fingerprint density at radius 3 is 2.76 bits per heavy atom. The van der Waals surface area contributed by atoms with E-state index < -0.39 is 0 Å². The highest BCUT2D eigenvalue weighted by Gasteiger charge is 2.00. The van der Waals surface area contributed by atoms with Gasteiger partial charge in [0, 0.05) is 23.3 Å². The highest BCUT2D eigenvalue weighted by molar-refractivity contribution is 7.09. The average molecular weight is 247 g/mol. The van der Waals surface area contributed by atoms with E-state index in [0.717, 1.165) is 17.1 Å². The van der Waals surface area contributed by atoms with E-state index in [1.54, 1.807) is 18.2 Å². The number of rotatable bonds is 3. The Labute approximate surface area is 101 Å². The van der Waals surface area contributed by atoms with Crippen LogP contribution in [0.1, 0.15) is 5.56 Å². The van der Waals surface area contributed by atoms with Crippen molar-refractivity contribution in [3.05, 3.63) is 35.9 Å². The van der Waals surface area contributed by atoms with E-state index in [2.05, 4.69) is 20.1 Å². The van der Waals surface area contributed by atoms with Gasteiger partial charge in [-0.2, -0.15) is 0 Å². The van der Waals surface area contributed by atoms with Crippen molar-refractivity contribution in [1.29, 1.82) is 0 Å². The first-order valence-corrected chi connectivity index (χ1v) is 5.51. The highest BCUT2D eigenvalue weighted by atomic mass is 32.1. The fourth-order valence-electron chi connectivity index (χ4n) is 1.11. The molecule has 0 aliphatic carbocycles. The maximum atomic E-state index is 11.4. The standard InChI is InChI=1S/C10H9N5OS/c11-8-4-1-7(2-5-8)3-6-9(16)12-10-13-14-15-17-10/h1-6H,11H2,(H,12,13,15,16)/b6-3+. The second kappa shape index (κ2) is 5.17. The molecule has 0 radical (unpaired) electrons. The largest absolute Gasteiger partial charge is 0.399 e. The second-order valence-corrected chi connectivity index (χ2v) is 3.89. The van der Waals surface area contributed by atoms with Gasteiger partial charge in [-0.1, -0.05) is 21.7 Å². The monoisotopic (exact) mass is 247 g/mol. The third-order valence-electron chi connectivity index (χ3n) is 1.89. The Morgan fingerprint density at radius 1 is 1.35 bits per heavy atom. The van der Waals surface area contributed by atoms with Crippen LogP contribution >= 0.6 is 11.5 Å². The second-order valence-electron chi connectivity index (χ2n) is 3.16. The van der Waals surface area contributed by atoms with Crippen LogP contribution in [0.25, 0.3) is 6.08 Å². The Hall–Kier alpha value is -2.28. The molecule has 2 aromatic rings. The molecule has 3 N–H and O–H groups in total. The van der Waals surface area contributed by atoms with Crippen LogP contribution in [0.5, 0.6) is 0 Å².